The molecule has 1 aromatic rings. The predicted octanol–water partition coefficient (Wildman–Crippen LogP) is 3.84. The van der Waals surface area contributed by atoms with E-state index in [1.54, 1.807) is 6.07 Å². The normalized spacial score (nSPS) is 21.7. The highest BCUT2D eigenvalue weighted by Gasteiger charge is 2.31. The van der Waals surface area contributed by atoms with Crippen LogP contribution in [0.1, 0.15) is 43.9 Å². The number of likely N-dealkylation sites (tertiary alicyclic amines) is 1. The summed E-state index contributed by atoms with van der Waals surface area (Å²) in [4.78, 5) is 2.35. The van der Waals surface area contributed by atoms with Gasteiger partial charge in [-0.25, -0.2) is 0 Å². The van der Waals surface area contributed by atoms with Crippen molar-refractivity contribution in [3.63, 3.8) is 0 Å². The summed E-state index contributed by atoms with van der Waals surface area (Å²) in [5, 5.41) is 3.32. The van der Waals surface area contributed by atoms with Crippen molar-refractivity contribution in [2.45, 2.75) is 44.9 Å². The lowest BCUT2D eigenvalue weighted by atomic mass is 10.0. The van der Waals surface area contributed by atoms with Gasteiger partial charge in [-0.1, -0.05) is 19.1 Å². The second-order valence-electron chi connectivity index (χ2n) is 5.72. The SMILES string of the molecule is CCNC(CN1CCCC1C)c1cccc(C(F)(F)F)c1. The topological polar surface area (TPSA) is 15.3 Å². The largest absolute Gasteiger partial charge is 0.416 e. The van der Waals surface area contributed by atoms with E-state index in [-0.39, 0.29) is 6.04 Å². The van der Waals surface area contributed by atoms with Gasteiger partial charge < -0.3 is 5.32 Å². The molecule has 0 bridgehead atoms. The van der Waals surface area contributed by atoms with Crippen LogP contribution in [0.2, 0.25) is 0 Å². The highest BCUT2D eigenvalue weighted by atomic mass is 19.4. The van der Waals surface area contributed by atoms with E-state index in [0.717, 1.165) is 25.7 Å². The summed E-state index contributed by atoms with van der Waals surface area (Å²) in [6.45, 7) is 6.69. The van der Waals surface area contributed by atoms with Crippen molar-refractivity contribution in [1.82, 2.24) is 10.2 Å². The van der Waals surface area contributed by atoms with Crippen LogP contribution in [0, 0.1) is 0 Å². The lowest BCUT2D eigenvalue weighted by Crippen LogP contribution is -2.37. The smallest absolute Gasteiger partial charge is 0.309 e. The maximum atomic E-state index is 12.9. The van der Waals surface area contributed by atoms with Gasteiger partial charge in [0, 0.05) is 18.6 Å². The molecule has 0 radical (unpaired) electrons. The highest BCUT2D eigenvalue weighted by Crippen LogP contribution is 2.31. The molecular weight excluding hydrogens is 277 g/mol. The molecule has 0 aliphatic carbocycles. The Bertz CT molecular complexity index is 459. The molecule has 1 aromatic carbocycles. The van der Waals surface area contributed by atoms with Crippen molar-refractivity contribution in [2.75, 3.05) is 19.6 Å². The summed E-state index contributed by atoms with van der Waals surface area (Å²) in [5.41, 5.74) is 0.142. The van der Waals surface area contributed by atoms with Crippen LogP contribution < -0.4 is 5.32 Å². The third kappa shape index (κ3) is 4.20. The summed E-state index contributed by atoms with van der Waals surface area (Å²) in [6.07, 6.45) is -1.95. The van der Waals surface area contributed by atoms with Crippen LogP contribution in [0.25, 0.3) is 0 Å². The van der Waals surface area contributed by atoms with Gasteiger partial charge in [0.2, 0.25) is 0 Å². The Morgan fingerprint density at radius 1 is 1.38 bits per heavy atom. The van der Waals surface area contributed by atoms with Crippen LogP contribution >= 0.6 is 0 Å². The van der Waals surface area contributed by atoms with E-state index in [4.69, 9.17) is 0 Å². The van der Waals surface area contributed by atoms with Crippen molar-refractivity contribution in [3.05, 3.63) is 35.4 Å². The van der Waals surface area contributed by atoms with E-state index >= 15 is 0 Å². The van der Waals surface area contributed by atoms with Crippen LogP contribution in [-0.2, 0) is 6.18 Å². The molecule has 2 rings (SSSR count). The summed E-state index contributed by atoms with van der Waals surface area (Å²) < 4.78 is 38.6. The Morgan fingerprint density at radius 2 is 2.14 bits per heavy atom. The van der Waals surface area contributed by atoms with Crippen LogP contribution in [0.3, 0.4) is 0 Å². The molecule has 1 heterocycles. The second kappa shape index (κ2) is 6.79. The number of hydrogen-bond donors (Lipinski definition) is 1. The molecule has 5 heteroatoms. The Kier molecular flexibility index (Phi) is 5.27. The summed E-state index contributed by atoms with van der Waals surface area (Å²) in [6, 6.07) is 6.13. The zero-order valence-corrected chi connectivity index (χ0v) is 12.6. The van der Waals surface area contributed by atoms with E-state index in [1.165, 1.54) is 25.0 Å². The predicted molar refractivity (Wildman–Crippen MR) is 78.1 cm³/mol. The Labute approximate surface area is 124 Å². The number of hydrogen-bond acceptors (Lipinski definition) is 2. The van der Waals surface area contributed by atoms with Gasteiger partial charge in [0.1, 0.15) is 0 Å². The average molecular weight is 300 g/mol. The van der Waals surface area contributed by atoms with Crippen molar-refractivity contribution < 1.29 is 13.2 Å². The molecule has 2 unspecified atom stereocenters. The third-order valence-corrected chi connectivity index (χ3v) is 4.17. The lowest BCUT2D eigenvalue weighted by Gasteiger charge is -2.28. The van der Waals surface area contributed by atoms with Crippen LogP contribution in [-0.4, -0.2) is 30.6 Å². The molecule has 2 atom stereocenters. The fourth-order valence-corrected chi connectivity index (χ4v) is 2.96. The lowest BCUT2D eigenvalue weighted by molar-refractivity contribution is -0.137. The maximum Gasteiger partial charge on any atom is 0.416 e. The fraction of sp³-hybridized carbons (Fsp3) is 0.625. The number of rotatable bonds is 5. The first-order valence-electron chi connectivity index (χ1n) is 7.56. The molecule has 2 nitrogen and oxygen atoms in total. The van der Waals surface area contributed by atoms with Gasteiger partial charge in [-0.05, 0) is 50.6 Å². The first kappa shape index (κ1) is 16.3. The van der Waals surface area contributed by atoms with Gasteiger partial charge in [0.15, 0.2) is 0 Å². The maximum absolute atomic E-state index is 12.9. The first-order valence-corrected chi connectivity index (χ1v) is 7.56. The molecule has 0 spiro atoms. The van der Waals surface area contributed by atoms with E-state index in [1.807, 2.05) is 6.92 Å². The van der Waals surface area contributed by atoms with Crippen LogP contribution in [0.4, 0.5) is 13.2 Å². The van der Waals surface area contributed by atoms with Crippen molar-refractivity contribution in [1.29, 1.82) is 0 Å². The zero-order valence-electron chi connectivity index (χ0n) is 12.6. The van der Waals surface area contributed by atoms with Gasteiger partial charge in [0.05, 0.1) is 5.56 Å². The standard InChI is InChI=1S/C16H23F3N2/c1-3-20-15(11-21-9-5-6-12(21)2)13-7-4-8-14(10-13)16(17,18)19/h4,7-8,10,12,15,20H,3,5-6,9,11H2,1-2H3. The highest BCUT2D eigenvalue weighted by molar-refractivity contribution is 5.28. The van der Waals surface area contributed by atoms with E-state index in [0.29, 0.717) is 11.6 Å². The molecule has 0 saturated carbocycles. The fourth-order valence-electron chi connectivity index (χ4n) is 2.96. The molecule has 1 N–H and O–H groups in total. The summed E-state index contributed by atoms with van der Waals surface area (Å²) >= 11 is 0. The number of alkyl halides is 3. The monoisotopic (exact) mass is 300 g/mol. The molecule has 0 amide bonds. The molecule has 1 fully saturated rings. The second-order valence-corrected chi connectivity index (χ2v) is 5.72. The number of benzene rings is 1. The number of halogens is 3. The average Bonchev–Trinajstić information content (AvgIpc) is 2.83. The Balaban J connectivity index is 2.17. The molecule has 1 aliphatic rings. The molecular formula is C16H23F3N2. The van der Waals surface area contributed by atoms with E-state index in [9.17, 15) is 13.2 Å². The van der Waals surface area contributed by atoms with E-state index in [2.05, 4.69) is 17.1 Å². The molecule has 118 valence electrons. The molecule has 21 heavy (non-hydrogen) atoms. The number of nitrogens with one attached hydrogen (secondary N) is 1. The minimum Gasteiger partial charge on any atom is -0.309 e. The molecule has 0 aromatic heterocycles. The Morgan fingerprint density at radius 3 is 2.71 bits per heavy atom. The first-order chi connectivity index (χ1) is 9.91. The van der Waals surface area contributed by atoms with Gasteiger partial charge >= 0.3 is 6.18 Å². The Hall–Kier alpha value is -1.07. The number of nitrogens with zero attached hydrogens (tertiary/aromatic N) is 1. The van der Waals surface area contributed by atoms with Crippen molar-refractivity contribution in [2.24, 2.45) is 0 Å². The van der Waals surface area contributed by atoms with E-state index < -0.39 is 11.7 Å². The summed E-state index contributed by atoms with van der Waals surface area (Å²) in [5.74, 6) is 0. The van der Waals surface area contributed by atoms with Crippen molar-refractivity contribution in [3.8, 4) is 0 Å². The van der Waals surface area contributed by atoms with Crippen molar-refractivity contribution >= 4 is 0 Å². The minimum atomic E-state index is -4.28. The van der Waals surface area contributed by atoms with Gasteiger partial charge in [0.25, 0.3) is 0 Å². The summed E-state index contributed by atoms with van der Waals surface area (Å²) in [7, 11) is 0. The van der Waals surface area contributed by atoms with Gasteiger partial charge in [-0.15, -0.1) is 0 Å². The number of likely N-dealkylation sites (N-methyl/N-ethyl adjacent to an activating group) is 1. The van der Waals surface area contributed by atoms with Gasteiger partial charge in [-0.3, -0.25) is 4.90 Å². The molecule has 1 saturated heterocycles. The zero-order chi connectivity index (χ0) is 15.5. The quantitative estimate of drug-likeness (QED) is 0.889. The van der Waals surface area contributed by atoms with Crippen LogP contribution in [0.15, 0.2) is 24.3 Å². The van der Waals surface area contributed by atoms with Crippen LogP contribution in [0.5, 0.6) is 0 Å². The molecule has 1 aliphatic heterocycles. The van der Waals surface area contributed by atoms with Gasteiger partial charge in [-0.2, -0.15) is 13.2 Å². The third-order valence-electron chi connectivity index (χ3n) is 4.17. The minimum absolute atomic E-state index is 0.0575.